The van der Waals surface area contributed by atoms with Crippen LogP contribution in [0.5, 0.6) is 0 Å². The van der Waals surface area contributed by atoms with Crippen molar-refractivity contribution in [2.75, 3.05) is 11.1 Å². The molecule has 3 aromatic rings. The maximum Gasteiger partial charge on any atom is 0.234 e. The van der Waals surface area contributed by atoms with Crippen LogP contribution in [-0.4, -0.2) is 37.7 Å². The molecule has 1 amide bonds. The van der Waals surface area contributed by atoms with Crippen molar-refractivity contribution in [3.63, 3.8) is 0 Å². The standard InChI is InChI=1S/C20H21N5O2S/c1-12-9-13(2)19(14(3)10-12)25-20(22-23-24-25)28-11-18(27)21-17-8-6-5-7-16(17)15(4)26/h5-10H,11H2,1-4H3,(H,21,27). The topological polar surface area (TPSA) is 89.8 Å². The maximum absolute atomic E-state index is 12.4. The number of carbonyl (C=O) groups excluding carboxylic acids is 2. The van der Waals surface area contributed by atoms with Crippen molar-refractivity contribution in [2.45, 2.75) is 32.9 Å². The fraction of sp³-hybridized carbons (Fsp3) is 0.250. The van der Waals surface area contributed by atoms with Crippen LogP contribution in [0.2, 0.25) is 0 Å². The summed E-state index contributed by atoms with van der Waals surface area (Å²) >= 11 is 1.24. The average Bonchev–Trinajstić information content (AvgIpc) is 3.07. The minimum Gasteiger partial charge on any atom is -0.325 e. The predicted octanol–water partition coefficient (Wildman–Crippen LogP) is 3.52. The first-order valence-electron chi connectivity index (χ1n) is 8.76. The number of hydrogen-bond donors (Lipinski definition) is 1. The monoisotopic (exact) mass is 395 g/mol. The van der Waals surface area contributed by atoms with Gasteiger partial charge in [0.25, 0.3) is 0 Å². The molecule has 0 aliphatic carbocycles. The number of tetrazole rings is 1. The van der Waals surface area contributed by atoms with Gasteiger partial charge in [0.05, 0.1) is 17.1 Å². The van der Waals surface area contributed by atoms with Gasteiger partial charge >= 0.3 is 0 Å². The molecule has 7 nitrogen and oxygen atoms in total. The number of thioether (sulfide) groups is 1. The number of ketones is 1. The van der Waals surface area contributed by atoms with E-state index in [9.17, 15) is 9.59 Å². The Bertz CT molecular complexity index is 1020. The van der Waals surface area contributed by atoms with Crippen LogP contribution in [0.25, 0.3) is 5.69 Å². The number of aryl methyl sites for hydroxylation is 3. The van der Waals surface area contributed by atoms with E-state index < -0.39 is 0 Å². The van der Waals surface area contributed by atoms with Gasteiger partial charge in [0, 0.05) is 5.56 Å². The molecule has 2 aromatic carbocycles. The molecule has 0 fully saturated rings. The number of Topliss-reactive ketones (excluding diaryl/α,β-unsaturated/α-hetero) is 1. The van der Waals surface area contributed by atoms with Gasteiger partial charge in [0.15, 0.2) is 5.78 Å². The third kappa shape index (κ3) is 4.28. The molecule has 0 atom stereocenters. The molecule has 0 saturated heterocycles. The number of hydrogen-bond acceptors (Lipinski definition) is 6. The molecule has 28 heavy (non-hydrogen) atoms. The lowest BCUT2D eigenvalue weighted by Crippen LogP contribution is -2.16. The van der Waals surface area contributed by atoms with E-state index in [2.05, 4.69) is 33.0 Å². The maximum atomic E-state index is 12.4. The number of carbonyl (C=O) groups is 2. The summed E-state index contributed by atoms with van der Waals surface area (Å²) in [7, 11) is 0. The van der Waals surface area contributed by atoms with Crippen LogP contribution in [0, 0.1) is 20.8 Å². The molecule has 0 bridgehead atoms. The summed E-state index contributed by atoms with van der Waals surface area (Å²) in [4.78, 5) is 24.1. The molecule has 1 N–H and O–H groups in total. The molecular weight excluding hydrogens is 374 g/mol. The molecular formula is C20H21N5O2S. The number of rotatable bonds is 6. The highest BCUT2D eigenvalue weighted by Gasteiger charge is 2.16. The Hall–Kier alpha value is -3.00. The zero-order valence-electron chi connectivity index (χ0n) is 16.2. The van der Waals surface area contributed by atoms with E-state index in [1.54, 1.807) is 28.9 Å². The van der Waals surface area contributed by atoms with Gasteiger partial charge in [-0.3, -0.25) is 9.59 Å². The van der Waals surface area contributed by atoms with E-state index in [-0.39, 0.29) is 17.4 Å². The minimum atomic E-state index is -0.231. The van der Waals surface area contributed by atoms with Crippen LogP contribution in [0.1, 0.15) is 34.0 Å². The Labute approximate surface area is 167 Å². The van der Waals surface area contributed by atoms with Crippen molar-refractivity contribution in [3.8, 4) is 5.69 Å². The zero-order chi connectivity index (χ0) is 20.3. The lowest BCUT2D eigenvalue weighted by Gasteiger charge is -2.12. The van der Waals surface area contributed by atoms with Gasteiger partial charge in [-0.25, -0.2) is 0 Å². The van der Waals surface area contributed by atoms with Gasteiger partial charge in [-0.05, 0) is 61.4 Å². The van der Waals surface area contributed by atoms with E-state index in [0.29, 0.717) is 16.4 Å². The van der Waals surface area contributed by atoms with Gasteiger partial charge in [0.1, 0.15) is 0 Å². The van der Waals surface area contributed by atoms with Crippen LogP contribution in [0.4, 0.5) is 5.69 Å². The van der Waals surface area contributed by atoms with Crippen molar-refractivity contribution in [2.24, 2.45) is 0 Å². The SMILES string of the molecule is CC(=O)c1ccccc1NC(=O)CSc1nnnn1-c1c(C)cc(C)cc1C. The Balaban J connectivity index is 1.75. The van der Waals surface area contributed by atoms with Crippen molar-refractivity contribution >= 4 is 29.1 Å². The summed E-state index contributed by atoms with van der Waals surface area (Å²) in [6.07, 6.45) is 0. The second-order valence-electron chi connectivity index (χ2n) is 6.56. The van der Waals surface area contributed by atoms with Gasteiger partial charge in [-0.2, -0.15) is 4.68 Å². The normalized spacial score (nSPS) is 10.7. The van der Waals surface area contributed by atoms with Crippen LogP contribution >= 0.6 is 11.8 Å². The molecule has 8 heteroatoms. The molecule has 0 saturated carbocycles. The second-order valence-corrected chi connectivity index (χ2v) is 7.50. The number of anilines is 1. The van der Waals surface area contributed by atoms with Crippen molar-refractivity contribution < 1.29 is 9.59 Å². The Kier molecular flexibility index (Phi) is 5.89. The number of para-hydroxylation sites is 1. The molecule has 1 heterocycles. The van der Waals surface area contributed by atoms with Crippen LogP contribution in [0.3, 0.4) is 0 Å². The third-order valence-electron chi connectivity index (χ3n) is 4.20. The van der Waals surface area contributed by atoms with Crippen molar-refractivity contribution in [1.82, 2.24) is 20.2 Å². The fourth-order valence-corrected chi connectivity index (χ4v) is 3.81. The Morgan fingerprint density at radius 2 is 1.79 bits per heavy atom. The van der Waals surface area contributed by atoms with Crippen molar-refractivity contribution in [3.05, 3.63) is 58.7 Å². The minimum absolute atomic E-state index is 0.0992. The molecule has 1 aromatic heterocycles. The highest BCUT2D eigenvalue weighted by Crippen LogP contribution is 2.25. The number of benzene rings is 2. The quantitative estimate of drug-likeness (QED) is 0.507. The van der Waals surface area contributed by atoms with E-state index in [1.165, 1.54) is 24.2 Å². The number of amides is 1. The van der Waals surface area contributed by atoms with Crippen LogP contribution < -0.4 is 5.32 Å². The summed E-state index contributed by atoms with van der Waals surface area (Å²) in [5.74, 6) is -0.209. The van der Waals surface area contributed by atoms with Gasteiger partial charge < -0.3 is 5.32 Å². The highest BCUT2D eigenvalue weighted by molar-refractivity contribution is 7.99. The molecule has 0 aliphatic heterocycles. The largest absolute Gasteiger partial charge is 0.325 e. The summed E-state index contributed by atoms with van der Waals surface area (Å²) in [6.45, 7) is 7.54. The fourth-order valence-electron chi connectivity index (χ4n) is 3.13. The van der Waals surface area contributed by atoms with Crippen molar-refractivity contribution in [1.29, 1.82) is 0 Å². The summed E-state index contributed by atoms with van der Waals surface area (Å²) < 4.78 is 1.66. The number of nitrogens with zero attached hydrogens (tertiary/aromatic N) is 4. The molecule has 144 valence electrons. The van der Waals surface area contributed by atoms with Gasteiger partial charge in [-0.15, -0.1) is 5.10 Å². The lowest BCUT2D eigenvalue weighted by atomic mass is 10.1. The third-order valence-corrected chi connectivity index (χ3v) is 5.12. The van der Waals surface area contributed by atoms with Crippen LogP contribution in [0.15, 0.2) is 41.6 Å². The first kappa shape index (κ1) is 19.8. The van der Waals surface area contributed by atoms with Gasteiger partial charge in [-0.1, -0.05) is 41.6 Å². The molecule has 0 unspecified atom stereocenters. The molecule has 0 aliphatic rings. The summed E-state index contributed by atoms with van der Waals surface area (Å²) in [5, 5.41) is 15.2. The second kappa shape index (κ2) is 8.35. The Morgan fingerprint density at radius 3 is 2.46 bits per heavy atom. The summed E-state index contributed by atoms with van der Waals surface area (Å²) in [5.41, 5.74) is 5.20. The number of nitrogens with one attached hydrogen (secondary N) is 1. The average molecular weight is 395 g/mol. The zero-order valence-corrected chi connectivity index (χ0v) is 17.0. The first-order valence-corrected chi connectivity index (χ1v) is 9.74. The first-order chi connectivity index (χ1) is 13.4. The predicted molar refractivity (Wildman–Crippen MR) is 109 cm³/mol. The molecule has 3 rings (SSSR count). The molecule has 0 spiro atoms. The Morgan fingerprint density at radius 1 is 1.11 bits per heavy atom. The lowest BCUT2D eigenvalue weighted by molar-refractivity contribution is -0.113. The van der Waals surface area contributed by atoms with E-state index in [4.69, 9.17) is 0 Å². The van der Waals surface area contributed by atoms with E-state index in [1.807, 2.05) is 20.8 Å². The highest BCUT2D eigenvalue weighted by atomic mass is 32.2. The van der Waals surface area contributed by atoms with Gasteiger partial charge in [0.2, 0.25) is 11.1 Å². The van der Waals surface area contributed by atoms with Crippen LogP contribution in [-0.2, 0) is 4.79 Å². The van der Waals surface area contributed by atoms with E-state index in [0.717, 1.165) is 16.8 Å². The summed E-state index contributed by atoms with van der Waals surface area (Å²) in [6, 6.07) is 11.1. The van der Waals surface area contributed by atoms with E-state index >= 15 is 0 Å². The number of aromatic nitrogens is 4. The molecule has 0 radical (unpaired) electrons. The smallest absolute Gasteiger partial charge is 0.234 e.